The highest BCUT2D eigenvalue weighted by molar-refractivity contribution is 8.17. The van der Waals surface area contributed by atoms with Crippen molar-refractivity contribution in [2.24, 2.45) is 22.7 Å². The van der Waals surface area contributed by atoms with Crippen molar-refractivity contribution < 1.29 is 19.4 Å². The largest absolute Gasteiger partial charge is 0.511 e. The van der Waals surface area contributed by atoms with Crippen LogP contribution >= 0.6 is 11.8 Å². The molecule has 0 spiro atoms. The fourth-order valence-corrected chi connectivity index (χ4v) is 5.20. The summed E-state index contributed by atoms with van der Waals surface area (Å²) in [7, 11) is 1.64. The SMILES string of the molecule is CCN(N)/C(=N\N)SC1=C(O)CC(CCc2ccc(OC)cc2)(C2CCCC2)OC1=O. The number of hydrazone groups is 1. The normalized spacial score (nSPS) is 22.5. The van der Waals surface area contributed by atoms with E-state index in [2.05, 4.69) is 5.10 Å². The Labute approximate surface area is 187 Å². The summed E-state index contributed by atoms with van der Waals surface area (Å²) in [5.74, 6) is 11.8. The van der Waals surface area contributed by atoms with Crippen LogP contribution in [0.4, 0.5) is 0 Å². The quantitative estimate of drug-likeness (QED) is 0.191. The molecule has 1 fully saturated rings. The molecule has 1 aliphatic heterocycles. The molecular formula is C22H32N4O4S. The van der Waals surface area contributed by atoms with Gasteiger partial charge in [-0.2, -0.15) is 5.10 Å². The van der Waals surface area contributed by atoms with Crippen molar-refractivity contribution >= 4 is 22.9 Å². The molecule has 1 atom stereocenters. The number of aryl methyl sites for hydroxylation is 1. The minimum Gasteiger partial charge on any atom is -0.511 e. The molecule has 5 N–H and O–H groups in total. The number of aliphatic hydroxyl groups is 1. The third-order valence-corrected chi connectivity index (χ3v) is 7.32. The van der Waals surface area contributed by atoms with Gasteiger partial charge in [0, 0.05) is 13.0 Å². The van der Waals surface area contributed by atoms with Crippen molar-refractivity contribution in [1.82, 2.24) is 5.01 Å². The van der Waals surface area contributed by atoms with Crippen LogP contribution in [0.25, 0.3) is 0 Å². The van der Waals surface area contributed by atoms with E-state index in [0.717, 1.165) is 55.2 Å². The second-order valence-electron chi connectivity index (χ2n) is 8.04. The number of hydrogen-bond donors (Lipinski definition) is 3. The third kappa shape index (κ3) is 5.27. The van der Waals surface area contributed by atoms with E-state index in [0.29, 0.717) is 13.0 Å². The molecule has 8 nitrogen and oxygen atoms in total. The van der Waals surface area contributed by atoms with E-state index < -0.39 is 11.6 Å². The van der Waals surface area contributed by atoms with Crippen LogP contribution < -0.4 is 16.4 Å². The van der Waals surface area contributed by atoms with Crippen molar-refractivity contribution in [3.63, 3.8) is 0 Å². The van der Waals surface area contributed by atoms with E-state index in [4.69, 9.17) is 21.2 Å². The molecule has 1 unspecified atom stereocenters. The van der Waals surface area contributed by atoms with Crippen LogP contribution in [0.2, 0.25) is 0 Å². The number of nitrogens with zero attached hydrogens (tertiary/aromatic N) is 2. The standard InChI is InChI=1S/C22H32N4O4S/c1-3-26(24)21(25-23)31-19-18(27)14-22(30-20(19)28,16-6-4-5-7-16)13-12-15-8-10-17(29-2)11-9-15/h8-11,16,27H,3-7,12-14,23-24H2,1-2H3/b25-21+. The summed E-state index contributed by atoms with van der Waals surface area (Å²) >= 11 is 0.944. The summed E-state index contributed by atoms with van der Waals surface area (Å²) in [4.78, 5) is 13.1. The molecule has 1 aromatic carbocycles. The second kappa shape index (κ2) is 10.3. The number of amidine groups is 1. The number of carbonyl (C=O) groups is 1. The zero-order chi connectivity index (χ0) is 22.4. The van der Waals surface area contributed by atoms with Gasteiger partial charge in [-0.1, -0.05) is 25.0 Å². The maximum atomic E-state index is 13.0. The van der Waals surface area contributed by atoms with Gasteiger partial charge in [-0.05, 0) is 68.0 Å². The molecule has 0 saturated heterocycles. The number of nitrogens with two attached hydrogens (primary N) is 2. The van der Waals surface area contributed by atoms with E-state index in [1.807, 2.05) is 31.2 Å². The maximum Gasteiger partial charge on any atom is 0.349 e. The first-order valence-corrected chi connectivity index (χ1v) is 11.5. The first-order chi connectivity index (χ1) is 14.9. The first kappa shape index (κ1) is 23.3. The summed E-state index contributed by atoms with van der Waals surface area (Å²) in [6.45, 7) is 2.30. The Hall–Kier alpha value is -2.39. The van der Waals surface area contributed by atoms with Crippen molar-refractivity contribution in [3.05, 3.63) is 40.5 Å². The van der Waals surface area contributed by atoms with Crippen molar-refractivity contribution in [2.45, 2.75) is 57.5 Å². The zero-order valence-electron chi connectivity index (χ0n) is 18.2. The molecule has 2 aliphatic rings. The minimum absolute atomic E-state index is 0.0218. The topological polar surface area (TPSA) is 123 Å². The highest BCUT2D eigenvalue weighted by Gasteiger charge is 2.48. The van der Waals surface area contributed by atoms with E-state index in [1.165, 1.54) is 5.01 Å². The molecule has 0 bridgehead atoms. The summed E-state index contributed by atoms with van der Waals surface area (Å²) in [6, 6.07) is 7.90. The van der Waals surface area contributed by atoms with E-state index in [-0.39, 0.29) is 28.2 Å². The summed E-state index contributed by atoms with van der Waals surface area (Å²) in [5, 5.41) is 16.1. The smallest absolute Gasteiger partial charge is 0.349 e. The number of ether oxygens (including phenoxy) is 2. The number of benzene rings is 1. The number of hydrogen-bond acceptors (Lipinski definition) is 8. The second-order valence-corrected chi connectivity index (χ2v) is 9.01. The minimum atomic E-state index is -0.713. The van der Waals surface area contributed by atoms with E-state index in [9.17, 15) is 9.90 Å². The van der Waals surface area contributed by atoms with Crippen LogP contribution in [-0.4, -0.2) is 40.5 Å². The zero-order valence-corrected chi connectivity index (χ0v) is 19.0. The van der Waals surface area contributed by atoms with Crippen LogP contribution in [0.15, 0.2) is 40.0 Å². The van der Waals surface area contributed by atoms with Crippen LogP contribution in [0, 0.1) is 5.92 Å². The molecule has 9 heteroatoms. The average molecular weight is 449 g/mol. The molecule has 0 aromatic heterocycles. The lowest BCUT2D eigenvalue weighted by atomic mass is 9.77. The Kier molecular flexibility index (Phi) is 7.72. The number of esters is 1. The van der Waals surface area contributed by atoms with Crippen molar-refractivity contribution in [2.75, 3.05) is 13.7 Å². The molecule has 31 heavy (non-hydrogen) atoms. The highest BCUT2D eigenvalue weighted by Crippen LogP contribution is 2.47. The van der Waals surface area contributed by atoms with Gasteiger partial charge in [0.2, 0.25) is 5.17 Å². The van der Waals surface area contributed by atoms with Gasteiger partial charge < -0.3 is 20.4 Å². The number of rotatable bonds is 7. The third-order valence-electron chi connectivity index (χ3n) is 6.20. The number of thioether (sulfide) groups is 1. The molecule has 1 heterocycles. The number of carbonyl (C=O) groups excluding carboxylic acids is 1. The Morgan fingerprint density at radius 1 is 1.35 bits per heavy atom. The number of hydrazine groups is 1. The van der Waals surface area contributed by atoms with E-state index in [1.54, 1.807) is 7.11 Å². The average Bonchev–Trinajstić information content (AvgIpc) is 3.33. The fourth-order valence-electron chi connectivity index (χ4n) is 4.41. The number of aliphatic hydroxyl groups excluding tert-OH is 1. The van der Waals surface area contributed by atoms with Gasteiger partial charge in [0.25, 0.3) is 0 Å². The maximum absolute atomic E-state index is 13.0. The van der Waals surface area contributed by atoms with Gasteiger partial charge in [0.05, 0.1) is 7.11 Å². The van der Waals surface area contributed by atoms with Gasteiger partial charge >= 0.3 is 5.97 Å². The summed E-state index contributed by atoms with van der Waals surface area (Å²) in [6.07, 6.45) is 5.89. The van der Waals surface area contributed by atoms with Gasteiger partial charge in [-0.15, -0.1) is 0 Å². The molecule has 3 rings (SSSR count). The Morgan fingerprint density at radius 3 is 2.58 bits per heavy atom. The number of methoxy groups -OCH3 is 1. The molecule has 1 aromatic rings. The molecule has 1 saturated carbocycles. The lowest BCUT2D eigenvalue weighted by Crippen LogP contribution is -2.46. The number of cyclic esters (lactones) is 1. The van der Waals surface area contributed by atoms with Crippen LogP contribution in [0.1, 0.15) is 51.0 Å². The molecule has 170 valence electrons. The van der Waals surface area contributed by atoms with Crippen molar-refractivity contribution in [3.8, 4) is 5.75 Å². The molecular weight excluding hydrogens is 416 g/mol. The van der Waals surface area contributed by atoms with Gasteiger partial charge in [0.1, 0.15) is 22.0 Å². The van der Waals surface area contributed by atoms with Crippen LogP contribution in [0.3, 0.4) is 0 Å². The van der Waals surface area contributed by atoms with Crippen LogP contribution in [0.5, 0.6) is 5.75 Å². The Bertz CT molecular complexity index is 836. The molecule has 0 amide bonds. The van der Waals surface area contributed by atoms with Gasteiger partial charge in [-0.25, -0.2) is 10.6 Å². The Balaban J connectivity index is 1.82. The van der Waals surface area contributed by atoms with Gasteiger partial charge in [-0.3, -0.25) is 5.01 Å². The van der Waals surface area contributed by atoms with E-state index >= 15 is 0 Å². The monoisotopic (exact) mass is 448 g/mol. The molecule has 1 aliphatic carbocycles. The predicted molar refractivity (Wildman–Crippen MR) is 122 cm³/mol. The summed E-state index contributed by atoms with van der Waals surface area (Å²) in [5.41, 5.74) is 0.423. The van der Waals surface area contributed by atoms with Gasteiger partial charge in [0.15, 0.2) is 0 Å². The lowest BCUT2D eigenvalue weighted by molar-refractivity contribution is -0.166. The fraction of sp³-hybridized carbons (Fsp3) is 0.545. The Morgan fingerprint density at radius 2 is 2.03 bits per heavy atom. The summed E-state index contributed by atoms with van der Waals surface area (Å²) < 4.78 is 11.3. The van der Waals surface area contributed by atoms with Crippen molar-refractivity contribution in [1.29, 1.82) is 0 Å². The molecule has 0 radical (unpaired) electrons. The first-order valence-electron chi connectivity index (χ1n) is 10.7. The predicted octanol–water partition coefficient (Wildman–Crippen LogP) is 3.43. The highest BCUT2D eigenvalue weighted by atomic mass is 32.2. The lowest BCUT2D eigenvalue weighted by Gasteiger charge is -2.41. The van der Waals surface area contributed by atoms with Crippen LogP contribution in [-0.2, 0) is 16.0 Å².